The highest BCUT2D eigenvalue weighted by atomic mass is 35.5. The van der Waals surface area contributed by atoms with Crippen molar-refractivity contribution in [2.45, 2.75) is 19.9 Å². The Morgan fingerprint density at radius 1 is 1.23 bits per heavy atom. The quantitative estimate of drug-likeness (QED) is 0.789. The topological polar surface area (TPSA) is 60.9 Å². The van der Waals surface area contributed by atoms with E-state index in [1.54, 1.807) is 22.8 Å². The van der Waals surface area contributed by atoms with Crippen LogP contribution >= 0.6 is 11.6 Å². The third-order valence-corrected chi connectivity index (χ3v) is 3.85. The predicted octanol–water partition coefficient (Wildman–Crippen LogP) is 3.37. The summed E-state index contributed by atoms with van der Waals surface area (Å²) in [5, 5.41) is 0.808. The van der Waals surface area contributed by atoms with E-state index < -0.39 is 0 Å². The van der Waals surface area contributed by atoms with Gasteiger partial charge < -0.3 is 5.73 Å². The zero-order chi connectivity index (χ0) is 15.9. The van der Waals surface area contributed by atoms with Crippen molar-refractivity contribution in [3.63, 3.8) is 0 Å². The third kappa shape index (κ3) is 2.40. The maximum absolute atomic E-state index is 13.0. The Kier molecular flexibility index (Phi) is 3.72. The normalized spacial score (nSPS) is 12.5. The fourth-order valence-electron chi connectivity index (χ4n) is 2.53. The van der Waals surface area contributed by atoms with Crippen molar-refractivity contribution >= 4 is 22.5 Å². The first kappa shape index (κ1) is 14.8. The Balaban J connectivity index is 2.46. The molecule has 2 aromatic carbocycles. The van der Waals surface area contributed by atoms with Gasteiger partial charge in [-0.3, -0.25) is 9.36 Å². The molecular formula is C17H16ClN3O. The number of fused-ring (bicyclic) bond motifs is 1. The number of aromatic nitrogens is 2. The molecule has 0 saturated heterocycles. The molecule has 0 fully saturated rings. The second-order valence-electron chi connectivity index (χ2n) is 5.37. The molecule has 2 N–H and O–H groups in total. The molecule has 0 aliphatic heterocycles. The molecule has 0 saturated carbocycles. The number of hydrogen-bond donors (Lipinski definition) is 1. The van der Waals surface area contributed by atoms with Gasteiger partial charge in [0.05, 0.1) is 27.7 Å². The minimum absolute atomic E-state index is 0.200. The van der Waals surface area contributed by atoms with Crippen LogP contribution in [-0.4, -0.2) is 9.55 Å². The average molecular weight is 314 g/mol. The first-order valence-corrected chi connectivity index (χ1v) is 7.40. The van der Waals surface area contributed by atoms with Gasteiger partial charge in [-0.2, -0.15) is 0 Å². The number of nitrogens with zero attached hydrogens (tertiary/aromatic N) is 2. The van der Waals surface area contributed by atoms with E-state index >= 15 is 0 Å². The lowest BCUT2D eigenvalue weighted by Gasteiger charge is -2.16. The SMILES string of the molecule is Cc1cccc(-n2c([C@H](C)N)nc3cccc(Cl)c3c2=O)c1. The average Bonchev–Trinajstić information content (AvgIpc) is 2.46. The van der Waals surface area contributed by atoms with Gasteiger partial charge in [0.15, 0.2) is 0 Å². The van der Waals surface area contributed by atoms with Gasteiger partial charge >= 0.3 is 0 Å². The zero-order valence-corrected chi connectivity index (χ0v) is 13.1. The minimum Gasteiger partial charge on any atom is -0.322 e. The van der Waals surface area contributed by atoms with Crippen molar-refractivity contribution in [3.05, 3.63) is 69.2 Å². The van der Waals surface area contributed by atoms with Crippen molar-refractivity contribution in [2.75, 3.05) is 0 Å². The molecule has 0 amide bonds. The summed E-state index contributed by atoms with van der Waals surface area (Å²) in [6, 6.07) is 12.5. The fourth-order valence-corrected chi connectivity index (χ4v) is 2.78. The molecule has 0 spiro atoms. The summed E-state index contributed by atoms with van der Waals surface area (Å²) < 4.78 is 1.55. The van der Waals surface area contributed by atoms with E-state index in [0.717, 1.165) is 11.3 Å². The van der Waals surface area contributed by atoms with E-state index in [-0.39, 0.29) is 11.6 Å². The van der Waals surface area contributed by atoms with Crippen LogP contribution in [0.4, 0.5) is 0 Å². The molecule has 0 aliphatic carbocycles. The highest BCUT2D eigenvalue weighted by Crippen LogP contribution is 2.22. The molecule has 112 valence electrons. The Bertz CT molecular complexity index is 915. The number of benzene rings is 2. The van der Waals surface area contributed by atoms with E-state index in [9.17, 15) is 4.79 Å². The van der Waals surface area contributed by atoms with Gasteiger partial charge in [0.2, 0.25) is 0 Å². The Morgan fingerprint density at radius 2 is 1.95 bits per heavy atom. The Labute approximate surface area is 133 Å². The van der Waals surface area contributed by atoms with Crippen LogP contribution in [0.5, 0.6) is 0 Å². The molecule has 1 atom stereocenters. The van der Waals surface area contributed by atoms with Crippen molar-refractivity contribution in [3.8, 4) is 5.69 Å². The number of aryl methyl sites for hydroxylation is 1. The monoisotopic (exact) mass is 313 g/mol. The van der Waals surface area contributed by atoms with E-state index in [4.69, 9.17) is 17.3 Å². The lowest BCUT2D eigenvalue weighted by Crippen LogP contribution is -2.27. The van der Waals surface area contributed by atoms with Gasteiger partial charge in [0, 0.05) is 0 Å². The van der Waals surface area contributed by atoms with Crippen molar-refractivity contribution in [1.82, 2.24) is 9.55 Å². The molecule has 3 aromatic rings. The van der Waals surface area contributed by atoms with Crippen LogP contribution in [0.1, 0.15) is 24.4 Å². The molecule has 3 rings (SSSR count). The summed E-state index contributed by atoms with van der Waals surface area (Å²) in [6.07, 6.45) is 0. The van der Waals surface area contributed by atoms with Crippen LogP contribution in [0.2, 0.25) is 5.02 Å². The fraction of sp³-hybridized carbons (Fsp3) is 0.176. The summed E-state index contributed by atoms with van der Waals surface area (Å²) in [4.78, 5) is 17.5. The standard InChI is InChI=1S/C17H16ClN3O/c1-10-5-3-6-12(9-10)21-16(11(2)19)20-14-8-4-7-13(18)15(14)17(21)22/h3-9,11H,19H2,1-2H3/t11-/m0/s1. The van der Waals surface area contributed by atoms with Crippen LogP contribution in [0.25, 0.3) is 16.6 Å². The van der Waals surface area contributed by atoms with Crippen LogP contribution < -0.4 is 11.3 Å². The number of nitrogens with two attached hydrogens (primary N) is 1. The van der Waals surface area contributed by atoms with Crippen LogP contribution in [0.3, 0.4) is 0 Å². The largest absolute Gasteiger partial charge is 0.322 e. The molecule has 0 radical (unpaired) electrons. The van der Waals surface area contributed by atoms with Crippen LogP contribution in [-0.2, 0) is 0 Å². The molecule has 22 heavy (non-hydrogen) atoms. The van der Waals surface area contributed by atoms with Gasteiger partial charge in [-0.15, -0.1) is 0 Å². The smallest absolute Gasteiger partial charge is 0.267 e. The summed E-state index contributed by atoms with van der Waals surface area (Å²) >= 11 is 6.20. The van der Waals surface area contributed by atoms with Crippen molar-refractivity contribution in [2.24, 2.45) is 5.73 Å². The van der Waals surface area contributed by atoms with Crippen molar-refractivity contribution < 1.29 is 0 Å². The van der Waals surface area contributed by atoms with Gasteiger partial charge in [-0.1, -0.05) is 29.8 Å². The van der Waals surface area contributed by atoms with Crippen molar-refractivity contribution in [1.29, 1.82) is 0 Å². The van der Waals surface area contributed by atoms with E-state index in [2.05, 4.69) is 4.98 Å². The van der Waals surface area contributed by atoms with Gasteiger partial charge in [-0.25, -0.2) is 4.98 Å². The van der Waals surface area contributed by atoms with E-state index in [1.165, 1.54) is 0 Å². The first-order valence-electron chi connectivity index (χ1n) is 7.03. The molecule has 5 heteroatoms. The van der Waals surface area contributed by atoms with Crippen LogP contribution in [0, 0.1) is 6.92 Å². The molecule has 0 aliphatic rings. The molecule has 1 heterocycles. The van der Waals surface area contributed by atoms with Gasteiger partial charge in [0.1, 0.15) is 5.82 Å². The molecule has 4 nitrogen and oxygen atoms in total. The zero-order valence-electron chi connectivity index (χ0n) is 12.4. The Hall–Kier alpha value is -2.17. The molecule has 0 bridgehead atoms. The van der Waals surface area contributed by atoms with Crippen LogP contribution in [0.15, 0.2) is 47.3 Å². The molecule has 1 aromatic heterocycles. The Morgan fingerprint density at radius 3 is 2.64 bits per heavy atom. The summed E-state index contributed by atoms with van der Waals surface area (Å²) in [6.45, 7) is 3.78. The van der Waals surface area contributed by atoms with Gasteiger partial charge in [-0.05, 0) is 43.7 Å². The lowest BCUT2D eigenvalue weighted by molar-refractivity contribution is 0.696. The van der Waals surface area contributed by atoms with Gasteiger partial charge in [0.25, 0.3) is 5.56 Å². The number of rotatable bonds is 2. The summed E-state index contributed by atoms with van der Waals surface area (Å²) in [5.74, 6) is 0.519. The minimum atomic E-state index is -0.378. The summed E-state index contributed by atoms with van der Waals surface area (Å²) in [5.41, 5.74) is 8.19. The second-order valence-corrected chi connectivity index (χ2v) is 5.78. The maximum Gasteiger partial charge on any atom is 0.267 e. The third-order valence-electron chi connectivity index (χ3n) is 3.54. The highest BCUT2D eigenvalue weighted by Gasteiger charge is 2.17. The highest BCUT2D eigenvalue weighted by molar-refractivity contribution is 6.35. The maximum atomic E-state index is 13.0. The lowest BCUT2D eigenvalue weighted by atomic mass is 10.2. The molecule has 0 unspecified atom stereocenters. The summed E-state index contributed by atoms with van der Waals surface area (Å²) in [7, 11) is 0. The first-order chi connectivity index (χ1) is 10.5. The second kappa shape index (κ2) is 5.55. The number of hydrogen-bond acceptors (Lipinski definition) is 3. The van der Waals surface area contributed by atoms with E-state index in [0.29, 0.717) is 21.7 Å². The molecular weight excluding hydrogens is 298 g/mol. The number of halogens is 1. The predicted molar refractivity (Wildman–Crippen MR) is 89.7 cm³/mol. The van der Waals surface area contributed by atoms with E-state index in [1.807, 2.05) is 38.1 Å².